The van der Waals surface area contributed by atoms with E-state index in [0.717, 1.165) is 0 Å². The second kappa shape index (κ2) is 6.10. The van der Waals surface area contributed by atoms with Gasteiger partial charge in [0.25, 0.3) is 0 Å². The highest BCUT2D eigenvalue weighted by molar-refractivity contribution is 7.99. The van der Waals surface area contributed by atoms with Crippen LogP contribution >= 0.6 is 11.8 Å². The molecule has 0 saturated heterocycles. The number of methoxy groups -OCH3 is 1. The van der Waals surface area contributed by atoms with E-state index < -0.39 is 6.10 Å². The first-order valence-corrected chi connectivity index (χ1v) is 5.73. The minimum atomic E-state index is -0.647. The summed E-state index contributed by atoms with van der Waals surface area (Å²) in [5.41, 5.74) is 0.635. The normalized spacial score (nSPS) is 12.8. The summed E-state index contributed by atoms with van der Waals surface area (Å²) in [6.45, 7) is 2.20. The highest BCUT2D eigenvalue weighted by Crippen LogP contribution is 2.29. The maximum absolute atomic E-state index is 13.5. The standard InChI is InChI=1S/C11H15FO2S/c1-8(13)9-4-3-5-10(12)11(9)15-7-6-14-2/h3-5,8,13H,6-7H2,1-2H3. The highest BCUT2D eigenvalue weighted by Gasteiger charge is 2.12. The Hall–Kier alpha value is -0.580. The van der Waals surface area contributed by atoms with E-state index in [1.165, 1.54) is 17.8 Å². The molecule has 1 rings (SSSR count). The fourth-order valence-electron chi connectivity index (χ4n) is 1.23. The zero-order chi connectivity index (χ0) is 11.3. The first-order valence-electron chi connectivity index (χ1n) is 4.75. The summed E-state index contributed by atoms with van der Waals surface area (Å²) < 4.78 is 18.4. The predicted molar refractivity (Wildman–Crippen MR) is 59.6 cm³/mol. The van der Waals surface area contributed by atoms with Crippen LogP contribution in [0.3, 0.4) is 0 Å². The van der Waals surface area contributed by atoms with Crippen LogP contribution in [-0.4, -0.2) is 24.6 Å². The molecule has 84 valence electrons. The van der Waals surface area contributed by atoms with E-state index in [-0.39, 0.29) is 5.82 Å². The van der Waals surface area contributed by atoms with Crippen molar-refractivity contribution in [1.29, 1.82) is 0 Å². The Labute approximate surface area is 93.5 Å². The van der Waals surface area contributed by atoms with Crippen molar-refractivity contribution < 1.29 is 14.2 Å². The van der Waals surface area contributed by atoms with Gasteiger partial charge in [-0.25, -0.2) is 4.39 Å². The zero-order valence-corrected chi connectivity index (χ0v) is 9.68. The van der Waals surface area contributed by atoms with Crippen LogP contribution in [0, 0.1) is 5.82 Å². The van der Waals surface area contributed by atoms with Gasteiger partial charge in [0.1, 0.15) is 5.82 Å². The lowest BCUT2D eigenvalue weighted by molar-refractivity contribution is 0.195. The molecule has 0 aliphatic heterocycles. The van der Waals surface area contributed by atoms with Gasteiger partial charge >= 0.3 is 0 Å². The molecule has 4 heteroatoms. The van der Waals surface area contributed by atoms with E-state index in [1.807, 2.05) is 0 Å². The Kier molecular flexibility index (Phi) is 5.08. The van der Waals surface area contributed by atoms with E-state index in [1.54, 1.807) is 26.2 Å². The van der Waals surface area contributed by atoms with Crippen molar-refractivity contribution in [2.24, 2.45) is 0 Å². The maximum Gasteiger partial charge on any atom is 0.137 e. The SMILES string of the molecule is COCCSc1c(F)cccc1C(C)O. The van der Waals surface area contributed by atoms with Crippen LogP contribution in [0.4, 0.5) is 4.39 Å². The van der Waals surface area contributed by atoms with Crippen LogP contribution in [0.1, 0.15) is 18.6 Å². The minimum Gasteiger partial charge on any atom is -0.389 e. The van der Waals surface area contributed by atoms with E-state index in [2.05, 4.69) is 0 Å². The molecule has 1 aromatic carbocycles. The molecule has 1 atom stereocenters. The molecule has 15 heavy (non-hydrogen) atoms. The molecule has 0 bridgehead atoms. The molecule has 0 fully saturated rings. The fraction of sp³-hybridized carbons (Fsp3) is 0.455. The Morgan fingerprint density at radius 1 is 1.53 bits per heavy atom. The van der Waals surface area contributed by atoms with E-state index >= 15 is 0 Å². The van der Waals surface area contributed by atoms with Gasteiger partial charge in [-0.1, -0.05) is 12.1 Å². The maximum atomic E-state index is 13.5. The second-order valence-electron chi connectivity index (χ2n) is 3.18. The molecule has 0 aliphatic rings. The summed E-state index contributed by atoms with van der Waals surface area (Å²) in [7, 11) is 1.61. The molecular formula is C11H15FO2S. The Morgan fingerprint density at radius 2 is 2.27 bits per heavy atom. The first-order chi connectivity index (χ1) is 7.16. The Balaban J connectivity index is 2.82. The van der Waals surface area contributed by atoms with Crippen LogP contribution < -0.4 is 0 Å². The molecule has 0 aromatic heterocycles. The van der Waals surface area contributed by atoms with Crippen molar-refractivity contribution in [3.63, 3.8) is 0 Å². The van der Waals surface area contributed by atoms with E-state index in [0.29, 0.717) is 22.8 Å². The summed E-state index contributed by atoms with van der Waals surface area (Å²) in [4.78, 5) is 0.518. The van der Waals surface area contributed by atoms with Crippen LogP contribution in [0.2, 0.25) is 0 Å². The van der Waals surface area contributed by atoms with Crippen molar-refractivity contribution in [3.05, 3.63) is 29.6 Å². The van der Waals surface area contributed by atoms with Gasteiger partial charge in [0.15, 0.2) is 0 Å². The number of hydrogen-bond acceptors (Lipinski definition) is 3. The zero-order valence-electron chi connectivity index (χ0n) is 8.87. The molecule has 1 aromatic rings. The van der Waals surface area contributed by atoms with E-state index in [4.69, 9.17) is 4.74 Å². The Bertz CT molecular complexity index is 315. The average Bonchev–Trinajstić information content (AvgIpc) is 2.20. The number of aliphatic hydroxyl groups excluding tert-OH is 1. The lowest BCUT2D eigenvalue weighted by Crippen LogP contribution is -1.99. The molecule has 0 radical (unpaired) electrons. The summed E-state index contributed by atoms with van der Waals surface area (Å²) >= 11 is 1.37. The topological polar surface area (TPSA) is 29.5 Å². The largest absolute Gasteiger partial charge is 0.389 e. The van der Waals surface area contributed by atoms with Crippen LogP contribution in [0.5, 0.6) is 0 Å². The van der Waals surface area contributed by atoms with Gasteiger partial charge in [0, 0.05) is 17.8 Å². The van der Waals surface area contributed by atoms with Crippen molar-refractivity contribution in [1.82, 2.24) is 0 Å². The number of halogens is 1. The van der Waals surface area contributed by atoms with E-state index in [9.17, 15) is 9.50 Å². The minimum absolute atomic E-state index is 0.283. The monoisotopic (exact) mass is 230 g/mol. The van der Waals surface area contributed by atoms with Crippen LogP contribution in [-0.2, 0) is 4.74 Å². The fourth-order valence-corrected chi connectivity index (χ4v) is 2.30. The molecule has 0 spiro atoms. The molecule has 1 N–H and O–H groups in total. The number of benzene rings is 1. The van der Waals surface area contributed by atoms with Gasteiger partial charge in [-0.2, -0.15) is 0 Å². The molecule has 0 amide bonds. The molecular weight excluding hydrogens is 215 g/mol. The van der Waals surface area contributed by atoms with Gasteiger partial charge < -0.3 is 9.84 Å². The number of hydrogen-bond donors (Lipinski definition) is 1. The molecule has 0 heterocycles. The Morgan fingerprint density at radius 3 is 2.87 bits per heavy atom. The van der Waals surface area contributed by atoms with Crippen LogP contribution in [0.15, 0.2) is 23.1 Å². The lowest BCUT2D eigenvalue weighted by Gasteiger charge is -2.12. The van der Waals surface area contributed by atoms with Gasteiger partial charge in [-0.15, -0.1) is 11.8 Å². The summed E-state index contributed by atoms with van der Waals surface area (Å²) in [6.07, 6.45) is -0.647. The number of ether oxygens (including phenoxy) is 1. The predicted octanol–water partition coefficient (Wildman–Crippen LogP) is 2.62. The third-order valence-corrected chi connectivity index (χ3v) is 3.07. The van der Waals surface area contributed by atoms with Crippen molar-refractivity contribution in [2.75, 3.05) is 19.5 Å². The summed E-state index contributed by atoms with van der Waals surface area (Å²) in [5.74, 6) is 0.395. The average molecular weight is 230 g/mol. The molecule has 0 saturated carbocycles. The second-order valence-corrected chi connectivity index (χ2v) is 4.28. The summed E-state index contributed by atoms with van der Waals surface area (Å²) in [5, 5.41) is 9.47. The number of thioether (sulfide) groups is 1. The third kappa shape index (κ3) is 3.48. The van der Waals surface area contributed by atoms with Gasteiger partial charge in [0.2, 0.25) is 0 Å². The molecule has 1 unspecified atom stereocenters. The lowest BCUT2D eigenvalue weighted by atomic mass is 10.1. The molecule has 0 aliphatic carbocycles. The van der Waals surface area contributed by atoms with Gasteiger partial charge in [0.05, 0.1) is 12.7 Å². The quantitative estimate of drug-likeness (QED) is 0.623. The van der Waals surface area contributed by atoms with Crippen molar-refractivity contribution >= 4 is 11.8 Å². The third-order valence-electron chi connectivity index (χ3n) is 1.98. The highest BCUT2D eigenvalue weighted by atomic mass is 32.2. The first kappa shape index (κ1) is 12.5. The van der Waals surface area contributed by atoms with Gasteiger partial charge in [-0.05, 0) is 18.6 Å². The number of aliphatic hydroxyl groups is 1. The summed E-state index contributed by atoms with van der Waals surface area (Å²) in [6, 6.07) is 4.75. The van der Waals surface area contributed by atoms with Gasteiger partial charge in [-0.3, -0.25) is 0 Å². The number of rotatable bonds is 5. The smallest absolute Gasteiger partial charge is 0.137 e. The van der Waals surface area contributed by atoms with Crippen molar-refractivity contribution in [3.8, 4) is 0 Å². The molecule has 2 nitrogen and oxygen atoms in total. The van der Waals surface area contributed by atoms with Crippen LogP contribution in [0.25, 0.3) is 0 Å². The van der Waals surface area contributed by atoms with Crippen molar-refractivity contribution in [2.45, 2.75) is 17.9 Å².